The van der Waals surface area contributed by atoms with Crippen LogP contribution in [0.25, 0.3) is 108 Å². The van der Waals surface area contributed by atoms with E-state index >= 15 is 0 Å². The first kappa shape index (κ1) is 73.3. The Labute approximate surface area is 631 Å². The van der Waals surface area contributed by atoms with Crippen LogP contribution >= 0.6 is 22.7 Å². The molecule has 2 N–H and O–H groups in total. The topological polar surface area (TPSA) is 91.0 Å². The predicted molar refractivity (Wildman–Crippen MR) is 439 cm³/mol. The summed E-state index contributed by atoms with van der Waals surface area (Å²) in [7, 11) is 0. The molecule has 0 amide bonds. The molecule has 12 aromatic carbocycles. The third kappa shape index (κ3) is 15.6. The quantitative estimate of drug-likeness (QED) is 0.0942. The van der Waals surface area contributed by atoms with Crippen molar-refractivity contribution in [1.82, 2.24) is 9.97 Å². The molecule has 2 aromatic heterocycles. The predicted octanol–water partition coefficient (Wildman–Crippen LogP) is 27.0. The van der Waals surface area contributed by atoms with Gasteiger partial charge in [-0.2, -0.15) is 0 Å². The van der Waals surface area contributed by atoms with Crippen molar-refractivity contribution >= 4 is 88.5 Å². The van der Waals surface area contributed by atoms with E-state index in [1.807, 2.05) is 48.7 Å². The molecule has 0 unspecified atom stereocenters. The molecular weight excluding hydrogens is 1480 g/mol. The maximum Gasteiger partial charge on any atom is 0.128 e. The Morgan fingerprint density at radius 3 is 1.24 bits per heavy atom. The monoisotopic (exact) mass is 1570 g/mol. The van der Waals surface area contributed by atoms with Crippen LogP contribution in [0.4, 0.5) is 11.4 Å². The molecule has 0 aliphatic rings. The van der Waals surface area contributed by atoms with Crippen molar-refractivity contribution in [3.63, 3.8) is 0 Å². The smallest absolute Gasteiger partial charge is 0.128 e. The third-order valence-corrected chi connectivity index (χ3v) is 21.5. The average Bonchev–Trinajstić information content (AvgIpc) is 1.68. The number of aromatic hydroxyl groups is 2. The van der Waals surface area contributed by atoms with Gasteiger partial charge >= 0.3 is 0 Å². The van der Waals surface area contributed by atoms with Gasteiger partial charge < -0.3 is 10.2 Å². The Morgan fingerprint density at radius 1 is 0.388 bits per heavy atom. The second kappa shape index (κ2) is 29.4. The van der Waals surface area contributed by atoms with Crippen molar-refractivity contribution in [2.24, 2.45) is 9.98 Å². The molecule has 0 saturated heterocycles. The number of para-hydroxylation sites is 2. The molecular formula is C94H91N4O2PtS2-. The van der Waals surface area contributed by atoms with Gasteiger partial charge in [-0.3, -0.25) is 9.98 Å². The van der Waals surface area contributed by atoms with E-state index in [0.29, 0.717) is 17.4 Å². The molecule has 0 bridgehead atoms. The van der Waals surface area contributed by atoms with Crippen molar-refractivity contribution in [1.29, 1.82) is 0 Å². The first-order valence-electron chi connectivity index (χ1n) is 35.6. The molecule has 14 aromatic rings. The zero-order chi connectivity index (χ0) is 72.2. The normalized spacial score (nSPS) is 12.4. The summed E-state index contributed by atoms with van der Waals surface area (Å²) >= 11 is 3.38. The average molecular weight is 1570 g/mol. The number of fused-ring (bicyclic) bond motifs is 4. The van der Waals surface area contributed by atoms with Gasteiger partial charge in [-0.1, -0.05) is 274 Å². The number of hydrogen-bond donors (Lipinski definition) is 2. The van der Waals surface area contributed by atoms with Crippen LogP contribution in [0.2, 0.25) is 0 Å². The summed E-state index contributed by atoms with van der Waals surface area (Å²) in [4.78, 5) is 20.7. The number of rotatable bonds is 12. The molecule has 0 aliphatic heterocycles. The molecule has 0 atom stereocenters. The fraction of sp³-hybridized carbons (Fsp3) is 0.234. The third-order valence-electron chi connectivity index (χ3n) is 19.5. The van der Waals surface area contributed by atoms with Gasteiger partial charge in [0.05, 0.1) is 21.6 Å². The summed E-state index contributed by atoms with van der Waals surface area (Å²) in [6.07, 6.45) is 3.62. The molecule has 0 aliphatic carbocycles. The summed E-state index contributed by atoms with van der Waals surface area (Å²) in [6, 6.07) is 83.1. The number of thiazole rings is 2. The summed E-state index contributed by atoms with van der Waals surface area (Å²) in [5.41, 5.74) is 22.2. The van der Waals surface area contributed by atoms with Crippen LogP contribution in [0, 0.1) is 6.07 Å². The Hall–Kier alpha value is -9.43. The summed E-state index contributed by atoms with van der Waals surface area (Å²) in [6.45, 7) is 34.9. The summed E-state index contributed by atoms with van der Waals surface area (Å²) < 4.78 is 2.23. The van der Waals surface area contributed by atoms with E-state index < -0.39 is 0 Å². The minimum atomic E-state index is -0.221. The molecule has 522 valence electrons. The van der Waals surface area contributed by atoms with Crippen molar-refractivity contribution in [2.45, 2.75) is 144 Å². The molecule has 14 rings (SSSR count). The maximum absolute atomic E-state index is 11.4. The van der Waals surface area contributed by atoms with Crippen LogP contribution in [0.1, 0.15) is 167 Å². The van der Waals surface area contributed by atoms with Crippen LogP contribution in [0.3, 0.4) is 0 Å². The van der Waals surface area contributed by atoms with Gasteiger partial charge in [0.1, 0.15) is 21.5 Å². The van der Waals surface area contributed by atoms with E-state index in [0.717, 1.165) is 97.3 Å². The van der Waals surface area contributed by atoms with Crippen molar-refractivity contribution < 1.29 is 31.3 Å². The van der Waals surface area contributed by atoms with Gasteiger partial charge in [0.15, 0.2) is 0 Å². The van der Waals surface area contributed by atoms with Gasteiger partial charge in [0, 0.05) is 82.7 Å². The number of nitrogens with zero attached hydrogens (tertiary/aromatic N) is 4. The molecule has 6 nitrogen and oxygen atoms in total. The van der Waals surface area contributed by atoms with Crippen LogP contribution < -0.4 is 0 Å². The van der Waals surface area contributed by atoms with E-state index in [4.69, 9.17) is 20.0 Å². The van der Waals surface area contributed by atoms with E-state index in [1.54, 1.807) is 28.9 Å². The zero-order valence-corrected chi connectivity index (χ0v) is 65.9. The molecule has 2 heterocycles. The second-order valence-corrected chi connectivity index (χ2v) is 33.8. The van der Waals surface area contributed by atoms with Crippen molar-refractivity contribution in [3.8, 4) is 77.1 Å². The SMILES string of the molecule is CC(C)c1ccc(-c2cc(-c3[c-]ccc4ccccc34)c3nc(-c4ccccc4N=Cc4cc(C(C)(C)C)cc(C(C)(C)C)c4O)sc3c2)cc1.CC(C)c1ccc(-c2cc(-c3cccc4ccccc34)c3nc(-c4ccccc4N=Cc4cc(C(C)(C)C)cc(C(C)(C)C)c4O)sc3c2)cc1.[Pt]. The van der Waals surface area contributed by atoms with Gasteiger partial charge in [-0.15, -0.1) is 57.2 Å². The van der Waals surface area contributed by atoms with Gasteiger partial charge in [-0.25, -0.2) is 9.97 Å². The van der Waals surface area contributed by atoms with E-state index in [2.05, 4.69) is 299 Å². The molecule has 0 spiro atoms. The van der Waals surface area contributed by atoms with Gasteiger partial charge in [0.2, 0.25) is 0 Å². The molecule has 0 radical (unpaired) electrons. The fourth-order valence-corrected chi connectivity index (χ4v) is 15.4. The Kier molecular flexibility index (Phi) is 20.9. The Bertz CT molecular complexity index is 5180. The largest absolute Gasteiger partial charge is 0.507 e. The second-order valence-electron chi connectivity index (χ2n) is 31.8. The molecule has 0 saturated carbocycles. The van der Waals surface area contributed by atoms with Crippen molar-refractivity contribution in [3.05, 3.63) is 275 Å². The molecule has 0 fully saturated rings. The van der Waals surface area contributed by atoms with Gasteiger partial charge in [-0.05, 0) is 149 Å². The molecule has 9 heteroatoms. The van der Waals surface area contributed by atoms with Crippen molar-refractivity contribution in [2.75, 3.05) is 0 Å². The minimum Gasteiger partial charge on any atom is -0.507 e. The fourth-order valence-electron chi connectivity index (χ4n) is 13.3. The Morgan fingerprint density at radius 2 is 0.786 bits per heavy atom. The number of benzene rings is 12. The van der Waals surface area contributed by atoms with Crippen LogP contribution in [0.5, 0.6) is 11.5 Å². The number of hydrogen-bond acceptors (Lipinski definition) is 8. The molecule has 103 heavy (non-hydrogen) atoms. The van der Waals surface area contributed by atoms with Gasteiger partial charge in [0.25, 0.3) is 0 Å². The van der Waals surface area contributed by atoms with E-state index in [9.17, 15) is 10.2 Å². The van der Waals surface area contributed by atoms with E-state index in [-0.39, 0.29) is 54.2 Å². The number of aromatic nitrogens is 2. The van der Waals surface area contributed by atoms with Crippen LogP contribution in [-0.4, -0.2) is 32.6 Å². The van der Waals surface area contributed by atoms with E-state index in [1.165, 1.54) is 60.7 Å². The first-order valence-corrected chi connectivity index (χ1v) is 37.2. The van der Waals surface area contributed by atoms with Crippen LogP contribution in [-0.2, 0) is 42.7 Å². The Balaban J connectivity index is 0.000000192. The number of phenols is 2. The summed E-state index contributed by atoms with van der Waals surface area (Å²) in [5, 5.41) is 29.4. The minimum absolute atomic E-state index is 0. The number of phenolic OH excluding ortho intramolecular Hbond substituents is 2. The summed E-state index contributed by atoms with van der Waals surface area (Å²) in [5.74, 6) is 1.51. The maximum atomic E-state index is 11.4. The number of aliphatic imine (C=N–C) groups is 2. The van der Waals surface area contributed by atoms with Crippen LogP contribution in [0.15, 0.2) is 234 Å². The zero-order valence-electron chi connectivity index (χ0n) is 62.0. The first-order chi connectivity index (χ1) is 48.5. The standard InChI is InChI=1S/C47H46N2OS.C47H45N2OS.Pt/c2*1-29(2)30-20-22-31(23-21-30)33-25-39(37-18-13-15-32-14-9-10-16-36(32)37)43-42(26-33)51-45(49-43)38-17-11-12-19-41(38)48-28-34-24-35(46(3,4)5)27-40(44(34)50)47(6,7)8;/h9-29,50H,1-8H3;9-17,19-29,50H,1-8H3;/q;-1;.